The van der Waals surface area contributed by atoms with E-state index in [2.05, 4.69) is 0 Å². The van der Waals surface area contributed by atoms with Crippen LogP contribution in [0.1, 0.15) is 66.4 Å². The van der Waals surface area contributed by atoms with Gasteiger partial charge in [-0.25, -0.2) is 0 Å². The molecule has 0 spiro atoms. The largest absolute Gasteiger partial charge is 0.466 e. The minimum atomic E-state index is -1.40. The fourth-order valence-corrected chi connectivity index (χ4v) is 3.03. The Morgan fingerprint density at radius 3 is 1.80 bits per heavy atom. The summed E-state index contributed by atoms with van der Waals surface area (Å²) in [4.78, 5) is 38.4. The molecule has 0 aliphatic carbocycles. The summed E-state index contributed by atoms with van der Waals surface area (Å²) in [6.07, 6.45) is -0.241. The predicted molar refractivity (Wildman–Crippen MR) is 116 cm³/mol. The minimum Gasteiger partial charge on any atom is -0.466 e. The van der Waals surface area contributed by atoms with Crippen LogP contribution in [0.4, 0.5) is 0 Å². The van der Waals surface area contributed by atoms with Crippen LogP contribution < -0.4 is 0 Å². The molecule has 30 heavy (non-hydrogen) atoms. The highest BCUT2D eigenvalue weighted by atomic mass is 35.5. The Morgan fingerprint density at radius 1 is 0.900 bits per heavy atom. The third kappa shape index (κ3) is 8.52. The maximum Gasteiger partial charge on any atom is 0.321 e. The summed E-state index contributed by atoms with van der Waals surface area (Å²) in [7, 11) is 0. The number of hydrogen-bond acceptors (Lipinski definition) is 6. The fourth-order valence-electron chi connectivity index (χ4n) is 2.73. The SMILES string of the molecule is CCOC(=O)CC(c1ccc(Cl)c(Cl)c1)C(C(=O)OC(C)(C)C)C(=O)OC(C)(C)C. The Balaban J connectivity index is 3.50. The van der Waals surface area contributed by atoms with Gasteiger partial charge in [0, 0.05) is 5.92 Å². The van der Waals surface area contributed by atoms with E-state index in [9.17, 15) is 14.4 Å². The second kappa shape index (κ2) is 10.5. The molecule has 0 bridgehead atoms. The van der Waals surface area contributed by atoms with Gasteiger partial charge in [-0.15, -0.1) is 0 Å². The minimum absolute atomic E-state index is 0.163. The average molecular weight is 461 g/mol. The summed E-state index contributed by atoms with van der Waals surface area (Å²) in [5.74, 6) is -4.46. The van der Waals surface area contributed by atoms with Crippen LogP contribution in [0.3, 0.4) is 0 Å². The lowest BCUT2D eigenvalue weighted by molar-refractivity contribution is -0.176. The zero-order chi connectivity index (χ0) is 23.3. The molecule has 0 saturated carbocycles. The van der Waals surface area contributed by atoms with Crippen molar-refractivity contribution in [1.82, 2.24) is 0 Å². The number of benzene rings is 1. The first kappa shape index (κ1) is 26.2. The summed E-state index contributed by atoms with van der Waals surface area (Å²) in [5.41, 5.74) is -1.22. The molecule has 0 fully saturated rings. The predicted octanol–water partition coefficient (Wildman–Crippen LogP) is 5.33. The van der Waals surface area contributed by atoms with E-state index in [1.54, 1.807) is 60.6 Å². The van der Waals surface area contributed by atoms with Crippen LogP contribution in [0, 0.1) is 5.92 Å². The zero-order valence-corrected chi connectivity index (χ0v) is 20.0. The van der Waals surface area contributed by atoms with Crippen molar-refractivity contribution in [1.29, 1.82) is 0 Å². The van der Waals surface area contributed by atoms with Crippen molar-refractivity contribution in [2.75, 3.05) is 6.61 Å². The van der Waals surface area contributed by atoms with Gasteiger partial charge >= 0.3 is 17.9 Å². The second-order valence-corrected chi connectivity index (χ2v) is 9.65. The van der Waals surface area contributed by atoms with Gasteiger partial charge in [-0.3, -0.25) is 14.4 Å². The first-order valence-electron chi connectivity index (χ1n) is 9.71. The summed E-state index contributed by atoms with van der Waals surface area (Å²) >= 11 is 12.2. The standard InChI is InChI=1S/C22H30Cl2O6/c1-8-28-17(25)12-14(13-9-10-15(23)16(24)11-13)18(19(26)29-21(2,3)4)20(27)30-22(5,6)7/h9-11,14,18H,8,12H2,1-7H3. The van der Waals surface area contributed by atoms with Crippen LogP contribution >= 0.6 is 23.2 Å². The van der Waals surface area contributed by atoms with E-state index >= 15 is 0 Å². The molecule has 0 aliphatic rings. The van der Waals surface area contributed by atoms with Crippen LogP contribution in [-0.4, -0.2) is 35.7 Å². The Labute approximate surface area is 188 Å². The fraction of sp³-hybridized carbons (Fsp3) is 0.591. The summed E-state index contributed by atoms with van der Waals surface area (Å²) in [6.45, 7) is 12.0. The van der Waals surface area contributed by atoms with Crippen LogP contribution in [0.25, 0.3) is 0 Å². The molecule has 0 heterocycles. The molecule has 168 valence electrons. The van der Waals surface area contributed by atoms with Crippen molar-refractivity contribution < 1.29 is 28.6 Å². The van der Waals surface area contributed by atoms with Crippen LogP contribution in [-0.2, 0) is 28.6 Å². The Hall–Kier alpha value is -1.79. The van der Waals surface area contributed by atoms with Gasteiger partial charge in [-0.2, -0.15) is 0 Å². The van der Waals surface area contributed by atoms with Gasteiger partial charge in [-0.05, 0) is 66.2 Å². The Bertz CT molecular complexity index is 749. The van der Waals surface area contributed by atoms with Crippen LogP contribution in [0.5, 0.6) is 0 Å². The van der Waals surface area contributed by atoms with E-state index in [-0.39, 0.29) is 18.1 Å². The van der Waals surface area contributed by atoms with Crippen LogP contribution in [0.15, 0.2) is 18.2 Å². The van der Waals surface area contributed by atoms with Crippen molar-refractivity contribution in [3.63, 3.8) is 0 Å². The number of ether oxygens (including phenoxy) is 3. The smallest absolute Gasteiger partial charge is 0.321 e. The quantitative estimate of drug-likeness (QED) is 0.310. The molecule has 1 aromatic carbocycles. The molecule has 0 aliphatic heterocycles. The molecule has 1 rings (SSSR count). The highest BCUT2D eigenvalue weighted by Gasteiger charge is 2.42. The van der Waals surface area contributed by atoms with Crippen molar-refractivity contribution in [3.05, 3.63) is 33.8 Å². The lowest BCUT2D eigenvalue weighted by Crippen LogP contribution is -2.40. The first-order valence-corrected chi connectivity index (χ1v) is 10.5. The van der Waals surface area contributed by atoms with Crippen molar-refractivity contribution >= 4 is 41.1 Å². The molecule has 1 unspecified atom stereocenters. The monoisotopic (exact) mass is 460 g/mol. The summed E-state index contributed by atoms with van der Waals surface area (Å²) in [6, 6.07) is 4.67. The highest BCUT2D eigenvalue weighted by Crippen LogP contribution is 2.36. The lowest BCUT2D eigenvalue weighted by atomic mass is 9.83. The lowest BCUT2D eigenvalue weighted by Gasteiger charge is -2.30. The molecule has 1 aromatic rings. The summed E-state index contributed by atoms with van der Waals surface area (Å²) in [5, 5.41) is 0.538. The van der Waals surface area contributed by atoms with Gasteiger partial charge in [0.2, 0.25) is 0 Å². The molecule has 6 nitrogen and oxygen atoms in total. The number of hydrogen-bond donors (Lipinski definition) is 0. The molecule has 0 aromatic heterocycles. The number of carbonyl (C=O) groups excluding carboxylic acids is 3. The van der Waals surface area contributed by atoms with Crippen molar-refractivity contribution in [2.45, 2.75) is 72.0 Å². The molecule has 0 saturated heterocycles. The van der Waals surface area contributed by atoms with Gasteiger partial charge in [-0.1, -0.05) is 29.3 Å². The zero-order valence-electron chi connectivity index (χ0n) is 18.5. The highest BCUT2D eigenvalue weighted by molar-refractivity contribution is 6.42. The van der Waals surface area contributed by atoms with Crippen molar-refractivity contribution in [3.8, 4) is 0 Å². The van der Waals surface area contributed by atoms with E-state index < -0.39 is 40.9 Å². The topological polar surface area (TPSA) is 78.9 Å². The molecular weight excluding hydrogens is 431 g/mol. The first-order chi connectivity index (χ1) is 13.6. The van der Waals surface area contributed by atoms with Gasteiger partial charge in [0.25, 0.3) is 0 Å². The number of rotatable bonds is 7. The number of carbonyl (C=O) groups is 3. The Morgan fingerprint density at radius 2 is 1.40 bits per heavy atom. The van der Waals surface area contributed by atoms with E-state index in [1.165, 1.54) is 6.07 Å². The van der Waals surface area contributed by atoms with Gasteiger partial charge in [0.05, 0.1) is 23.1 Å². The average Bonchev–Trinajstić information content (AvgIpc) is 2.53. The molecule has 1 atom stereocenters. The maximum absolute atomic E-state index is 13.1. The third-order valence-corrected chi connectivity index (χ3v) is 4.53. The summed E-state index contributed by atoms with van der Waals surface area (Å²) < 4.78 is 16.0. The molecule has 0 radical (unpaired) electrons. The molecule has 8 heteroatoms. The normalized spacial score (nSPS) is 13.0. The second-order valence-electron chi connectivity index (χ2n) is 8.83. The van der Waals surface area contributed by atoms with E-state index in [0.717, 1.165) is 0 Å². The van der Waals surface area contributed by atoms with Gasteiger partial charge in [0.15, 0.2) is 5.92 Å². The van der Waals surface area contributed by atoms with Crippen LogP contribution in [0.2, 0.25) is 10.0 Å². The van der Waals surface area contributed by atoms with E-state index in [1.807, 2.05) is 0 Å². The van der Waals surface area contributed by atoms with E-state index in [4.69, 9.17) is 37.4 Å². The third-order valence-electron chi connectivity index (χ3n) is 3.79. The number of esters is 3. The molecule has 0 amide bonds. The molecule has 0 N–H and O–H groups in total. The van der Waals surface area contributed by atoms with Gasteiger partial charge in [0.1, 0.15) is 11.2 Å². The number of halogens is 2. The Kier molecular flexibility index (Phi) is 9.18. The van der Waals surface area contributed by atoms with Crippen molar-refractivity contribution in [2.24, 2.45) is 5.92 Å². The van der Waals surface area contributed by atoms with Gasteiger partial charge < -0.3 is 14.2 Å². The van der Waals surface area contributed by atoms with E-state index in [0.29, 0.717) is 10.6 Å². The maximum atomic E-state index is 13.1. The molecular formula is C22H30Cl2O6.